The molecule has 0 aliphatic carbocycles. The lowest BCUT2D eigenvalue weighted by atomic mass is 10.3. The normalized spacial score (nSPS) is 10.3. The highest BCUT2D eigenvalue weighted by molar-refractivity contribution is 7.80. The molecule has 0 radical (unpaired) electrons. The molecule has 0 spiro atoms. The Morgan fingerprint density at radius 2 is 2.39 bits per heavy atom. The van der Waals surface area contributed by atoms with Crippen molar-refractivity contribution in [2.45, 2.75) is 13.5 Å². The number of rotatable bonds is 5. The molecule has 3 N–H and O–H groups in total. The van der Waals surface area contributed by atoms with Gasteiger partial charge in [0.1, 0.15) is 4.99 Å². The van der Waals surface area contributed by atoms with Gasteiger partial charge >= 0.3 is 0 Å². The van der Waals surface area contributed by atoms with E-state index in [2.05, 4.69) is 15.4 Å². The number of thiocarbonyl (C=S) groups is 1. The predicted octanol–water partition coefficient (Wildman–Crippen LogP) is 1.33. The highest BCUT2D eigenvalue weighted by Gasteiger charge is 1.99. The molecule has 2 aromatic heterocycles. The van der Waals surface area contributed by atoms with E-state index < -0.39 is 0 Å². The summed E-state index contributed by atoms with van der Waals surface area (Å²) >= 11 is 4.89. The summed E-state index contributed by atoms with van der Waals surface area (Å²) in [4.78, 5) is 4.39. The maximum Gasteiger partial charge on any atom is 0.122 e. The Labute approximate surface area is 111 Å². The first-order valence-corrected chi connectivity index (χ1v) is 6.05. The van der Waals surface area contributed by atoms with Crippen molar-refractivity contribution in [1.29, 1.82) is 0 Å². The van der Waals surface area contributed by atoms with E-state index in [9.17, 15) is 0 Å². The Morgan fingerprint density at radius 3 is 3.06 bits per heavy atom. The number of hydrogen-bond donors (Lipinski definition) is 2. The molecule has 2 aromatic rings. The smallest absolute Gasteiger partial charge is 0.122 e. The Morgan fingerprint density at radius 1 is 1.56 bits per heavy atom. The summed E-state index contributed by atoms with van der Waals surface area (Å²) in [6, 6.07) is 3.73. The van der Waals surface area contributed by atoms with Gasteiger partial charge < -0.3 is 11.1 Å². The van der Waals surface area contributed by atoms with Crippen LogP contribution in [0.1, 0.15) is 11.3 Å². The average Bonchev–Trinajstić information content (AvgIpc) is 2.75. The molecule has 6 heteroatoms. The van der Waals surface area contributed by atoms with Gasteiger partial charge in [0.05, 0.1) is 18.4 Å². The number of hydrogen-bond acceptors (Lipinski definition) is 4. The zero-order valence-electron chi connectivity index (χ0n) is 10.1. The van der Waals surface area contributed by atoms with Gasteiger partial charge in [-0.3, -0.25) is 9.67 Å². The van der Waals surface area contributed by atoms with Gasteiger partial charge in [0.15, 0.2) is 0 Å². The number of nitrogens with two attached hydrogens (primary N) is 1. The van der Waals surface area contributed by atoms with Crippen molar-refractivity contribution in [2.24, 2.45) is 5.73 Å². The molecule has 0 aliphatic rings. The molecule has 0 unspecified atom stereocenters. The van der Waals surface area contributed by atoms with E-state index in [1.54, 1.807) is 6.20 Å². The summed E-state index contributed by atoms with van der Waals surface area (Å²) in [7, 11) is 0. The van der Waals surface area contributed by atoms with Gasteiger partial charge in [-0.05, 0) is 24.6 Å². The molecule has 0 aliphatic heterocycles. The van der Waals surface area contributed by atoms with Crippen LogP contribution >= 0.6 is 12.2 Å². The molecule has 18 heavy (non-hydrogen) atoms. The van der Waals surface area contributed by atoms with Gasteiger partial charge in [0.25, 0.3) is 0 Å². The lowest BCUT2D eigenvalue weighted by Gasteiger charge is -2.07. The highest BCUT2D eigenvalue weighted by Crippen LogP contribution is 2.07. The summed E-state index contributed by atoms with van der Waals surface area (Å²) in [6.07, 6.45) is 5.54. The lowest BCUT2D eigenvalue weighted by molar-refractivity contribution is 0.637. The minimum atomic E-state index is 0.307. The summed E-state index contributed by atoms with van der Waals surface area (Å²) in [5, 5.41) is 7.50. The molecule has 0 atom stereocenters. The van der Waals surface area contributed by atoms with Gasteiger partial charge in [-0.25, -0.2) is 0 Å². The van der Waals surface area contributed by atoms with Gasteiger partial charge in [0, 0.05) is 24.6 Å². The van der Waals surface area contributed by atoms with E-state index >= 15 is 0 Å². The van der Waals surface area contributed by atoms with Crippen LogP contribution in [0, 0.1) is 6.92 Å². The van der Waals surface area contributed by atoms with Crippen LogP contribution in [0.5, 0.6) is 0 Å². The monoisotopic (exact) mass is 261 g/mol. The Bertz CT molecular complexity index is 549. The van der Waals surface area contributed by atoms with E-state index in [0.29, 0.717) is 10.7 Å². The minimum absolute atomic E-state index is 0.307. The SMILES string of the molecule is Cc1cnn(CCNc2ccnc(C(N)=S)c2)c1. The van der Waals surface area contributed by atoms with Crippen molar-refractivity contribution in [3.8, 4) is 0 Å². The van der Waals surface area contributed by atoms with Crippen LogP contribution in [-0.4, -0.2) is 26.3 Å². The summed E-state index contributed by atoms with van der Waals surface area (Å²) in [6.45, 7) is 3.61. The lowest BCUT2D eigenvalue weighted by Crippen LogP contribution is -2.14. The molecule has 2 rings (SSSR count). The topological polar surface area (TPSA) is 68.8 Å². The first kappa shape index (κ1) is 12.5. The largest absolute Gasteiger partial charge is 0.388 e. The number of nitrogens with zero attached hydrogens (tertiary/aromatic N) is 3. The number of aryl methyl sites for hydroxylation is 1. The minimum Gasteiger partial charge on any atom is -0.388 e. The van der Waals surface area contributed by atoms with Crippen molar-refractivity contribution < 1.29 is 0 Å². The van der Waals surface area contributed by atoms with Crippen molar-refractivity contribution in [3.63, 3.8) is 0 Å². The number of anilines is 1. The molecular weight excluding hydrogens is 246 g/mol. The van der Waals surface area contributed by atoms with Crippen LogP contribution in [0.15, 0.2) is 30.7 Å². The van der Waals surface area contributed by atoms with Crippen molar-refractivity contribution in [3.05, 3.63) is 42.0 Å². The fraction of sp³-hybridized carbons (Fsp3) is 0.250. The zero-order chi connectivity index (χ0) is 13.0. The second-order valence-electron chi connectivity index (χ2n) is 4.00. The van der Waals surface area contributed by atoms with E-state index in [1.807, 2.05) is 36.1 Å². The van der Waals surface area contributed by atoms with E-state index in [-0.39, 0.29) is 0 Å². The Hall–Kier alpha value is -1.95. The van der Waals surface area contributed by atoms with Gasteiger partial charge in [0.2, 0.25) is 0 Å². The molecule has 0 amide bonds. The van der Waals surface area contributed by atoms with Crippen LogP contribution in [-0.2, 0) is 6.54 Å². The van der Waals surface area contributed by atoms with Crippen molar-refractivity contribution in [1.82, 2.24) is 14.8 Å². The van der Waals surface area contributed by atoms with Gasteiger partial charge in [-0.1, -0.05) is 12.2 Å². The number of aromatic nitrogens is 3. The third kappa shape index (κ3) is 3.27. The molecule has 0 saturated heterocycles. The fourth-order valence-electron chi connectivity index (χ4n) is 1.58. The maximum atomic E-state index is 5.53. The fourth-order valence-corrected chi connectivity index (χ4v) is 1.69. The van der Waals surface area contributed by atoms with Crippen LogP contribution in [0.2, 0.25) is 0 Å². The average molecular weight is 261 g/mol. The maximum absolute atomic E-state index is 5.53. The van der Waals surface area contributed by atoms with Crippen molar-refractivity contribution in [2.75, 3.05) is 11.9 Å². The predicted molar refractivity (Wildman–Crippen MR) is 75.6 cm³/mol. The zero-order valence-corrected chi connectivity index (χ0v) is 10.9. The molecule has 2 heterocycles. The number of pyridine rings is 1. The third-order valence-electron chi connectivity index (χ3n) is 2.44. The summed E-state index contributed by atoms with van der Waals surface area (Å²) < 4.78 is 1.90. The third-order valence-corrected chi connectivity index (χ3v) is 2.65. The molecular formula is C12H15N5S. The quantitative estimate of drug-likeness (QED) is 0.795. The van der Waals surface area contributed by atoms with Crippen LogP contribution < -0.4 is 11.1 Å². The molecule has 5 nitrogen and oxygen atoms in total. The van der Waals surface area contributed by atoms with Crippen LogP contribution in [0.3, 0.4) is 0 Å². The molecule has 94 valence electrons. The summed E-state index contributed by atoms with van der Waals surface area (Å²) in [5.41, 5.74) is 8.28. The van der Waals surface area contributed by atoms with Crippen LogP contribution in [0.4, 0.5) is 5.69 Å². The molecule has 0 fully saturated rings. The van der Waals surface area contributed by atoms with E-state index in [0.717, 1.165) is 24.3 Å². The van der Waals surface area contributed by atoms with Gasteiger partial charge in [-0.2, -0.15) is 5.10 Å². The second kappa shape index (κ2) is 5.59. The molecule has 0 bridgehead atoms. The Balaban J connectivity index is 1.90. The highest BCUT2D eigenvalue weighted by atomic mass is 32.1. The number of nitrogens with one attached hydrogen (secondary N) is 1. The standard InChI is InChI=1S/C12H15N5S/c1-9-7-16-17(8-9)5-4-14-10-2-3-15-11(6-10)12(13)18/h2-3,6-8H,4-5H2,1H3,(H2,13,18)(H,14,15). The van der Waals surface area contributed by atoms with E-state index in [4.69, 9.17) is 18.0 Å². The Kier molecular flexibility index (Phi) is 3.88. The molecule has 0 saturated carbocycles. The van der Waals surface area contributed by atoms with Gasteiger partial charge in [-0.15, -0.1) is 0 Å². The van der Waals surface area contributed by atoms with Crippen LogP contribution in [0.25, 0.3) is 0 Å². The second-order valence-corrected chi connectivity index (χ2v) is 4.44. The van der Waals surface area contributed by atoms with E-state index in [1.165, 1.54) is 0 Å². The van der Waals surface area contributed by atoms with Crippen molar-refractivity contribution >= 4 is 22.9 Å². The summed E-state index contributed by atoms with van der Waals surface area (Å²) in [5.74, 6) is 0. The first-order chi connectivity index (χ1) is 8.65. The molecule has 0 aromatic carbocycles. The first-order valence-electron chi connectivity index (χ1n) is 5.64.